The van der Waals surface area contributed by atoms with E-state index in [4.69, 9.17) is 27.9 Å². The maximum absolute atomic E-state index is 12.1. The van der Waals surface area contributed by atoms with E-state index in [1.807, 2.05) is 45.2 Å². The Morgan fingerprint density at radius 1 is 0.923 bits per heavy atom. The van der Waals surface area contributed by atoms with Crippen LogP contribution in [0.5, 0.6) is 0 Å². The minimum atomic E-state index is -0.788. The minimum Gasteiger partial charge on any atom is -0.464 e. The molecule has 0 fully saturated rings. The third-order valence-electron chi connectivity index (χ3n) is 2.73. The Morgan fingerprint density at radius 3 is 1.85 bits per heavy atom. The van der Waals surface area contributed by atoms with Crippen LogP contribution in [0.1, 0.15) is 27.6 Å². The Labute approximate surface area is 199 Å². The number of nitrogens with one attached hydrogen (secondary N) is 1. The van der Waals surface area contributed by atoms with E-state index in [1.165, 1.54) is 0 Å². The molecule has 0 aliphatic rings. The second-order valence-electron chi connectivity index (χ2n) is 4.46. The van der Waals surface area contributed by atoms with Crippen molar-refractivity contribution in [2.75, 3.05) is 25.1 Å². The molecule has 0 radical (unpaired) electrons. The zero-order valence-corrected chi connectivity index (χ0v) is 20.9. The number of carbonyl (C=O) groups is 4. The van der Waals surface area contributed by atoms with Crippen LogP contribution in [0.3, 0.4) is 0 Å². The number of rotatable bonds is 8. The molecule has 1 amide bonds. The molecule has 0 aromatic heterocycles. The second kappa shape index (κ2) is 11.3. The van der Waals surface area contributed by atoms with Crippen molar-refractivity contribution in [1.82, 2.24) is 0 Å². The predicted molar refractivity (Wildman–Crippen MR) is 121 cm³/mol. The van der Waals surface area contributed by atoms with Gasteiger partial charge in [-0.15, -0.1) is 0 Å². The van der Waals surface area contributed by atoms with E-state index in [0.717, 1.165) is 0 Å². The lowest BCUT2D eigenvalue weighted by atomic mass is 10.1. The van der Waals surface area contributed by atoms with Crippen molar-refractivity contribution in [3.05, 3.63) is 21.8 Å². The van der Waals surface area contributed by atoms with Gasteiger partial charge in [0, 0.05) is 3.57 Å². The molecule has 0 bridgehead atoms. The Balaban J connectivity index is 3.09. The third kappa shape index (κ3) is 6.39. The molecule has 0 saturated heterocycles. The monoisotopic (exact) mass is 739 g/mol. The number of hydrogen-bond acceptors (Lipinski definition) is 6. The van der Waals surface area contributed by atoms with Gasteiger partial charge in [0.1, 0.15) is 13.2 Å². The number of anilines is 1. The van der Waals surface area contributed by atoms with Gasteiger partial charge in [-0.2, -0.15) is 0 Å². The summed E-state index contributed by atoms with van der Waals surface area (Å²) >= 11 is 16.7. The fraction of sp³-hybridized carbons (Fsp3) is 0.286. The number of halogens is 5. The largest absolute Gasteiger partial charge is 0.464 e. The maximum atomic E-state index is 12.1. The van der Waals surface area contributed by atoms with E-state index in [1.54, 1.807) is 29.5 Å². The summed E-state index contributed by atoms with van der Waals surface area (Å²) in [5.41, 5.74) is 0.351. The van der Waals surface area contributed by atoms with Crippen molar-refractivity contribution in [2.45, 2.75) is 6.92 Å². The van der Waals surface area contributed by atoms with Crippen molar-refractivity contribution in [3.8, 4) is 0 Å². The summed E-state index contributed by atoms with van der Waals surface area (Å²) in [5, 5.41) is 0.969. The maximum Gasteiger partial charge on any atom is 0.332 e. The van der Waals surface area contributed by atoms with Crippen LogP contribution in [0.4, 0.5) is 5.69 Å². The molecule has 0 spiro atoms. The summed E-state index contributed by atoms with van der Waals surface area (Å²) in [6.07, 6.45) is 0. The minimum absolute atomic E-state index is 0.0695. The highest BCUT2D eigenvalue weighted by Gasteiger charge is 2.27. The van der Waals surface area contributed by atoms with Crippen molar-refractivity contribution >= 4 is 119 Å². The molecular formula is C14H10Cl2I3NO6. The fourth-order valence-electron chi connectivity index (χ4n) is 1.72. The zero-order chi connectivity index (χ0) is 20.0. The molecule has 26 heavy (non-hydrogen) atoms. The first kappa shape index (κ1) is 24.3. The molecule has 0 heterocycles. The normalized spacial score (nSPS) is 10.4. The third-order valence-corrected chi connectivity index (χ3v) is 6.35. The first-order chi connectivity index (χ1) is 12.1. The predicted octanol–water partition coefficient (Wildman–Crippen LogP) is 3.78. The number of hydrogen-bond donors (Lipinski definition) is 1. The highest BCUT2D eigenvalue weighted by molar-refractivity contribution is 14.1. The molecule has 0 aliphatic heterocycles. The average Bonchev–Trinajstić information content (AvgIpc) is 2.51. The molecule has 1 N–H and O–H groups in total. The van der Waals surface area contributed by atoms with Crippen molar-refractivity contribution in [1.29, 1.82) is 0 Å². The molecular weight excluding hydrogens is 730 g/mol. The van der Waals surface area contributed by atoms with Crippen molar-refractivity contribution in [2.24, 2.45) is 0 Å². The van der Waals surface area contributed by atoms with E-state index in [0.29, 0.717) is 10.7 Å². The van der Waals surface area contributed by atoms with E-state index in [2.05, 4.69) is 10.1 Å². The van der Waals surface area contributed by atoms with Gasteiger partial charge in [-0.1, -0.05) is 0 Å². The van der Waals surface area contributed by atoms with E-state index >= 15 is 0 Å². The lowest BCUT2D eigenvalue weighted by Gasteiger charge is -2.16. The Hall–Kier alpha value is 0.230. The molecule has 0 aliphatic carbocycles. The quantitative estimate of drug-likeness (QED) is 0.248. The number of benzene rings is 1. The summed E-state index contributed by atoms with van der Waals surface area (Å²) in [6, 6.07) is 0. The highest BCUT2D eigenvalue weighted by atomic mass is 127. The van der Waals surface area contributed by atoms with Gasteiger partial charge in [-0.05, 0) is 97.9 Å². The molecule has 12 heteroatoms. The van der Waals surface area contributed by atoms with Gasteiger partial charge in [0.15, 0.2) is 0 Å². The number of esters is 1. The van der Waals surface area contributed by atoms with Gasteiger partial charge < -0.3 is 14.8 Å². The number of carbonyl (C=O) groups excluding carboxylic acids is 4. The SMILES string of the molecule is CCOC(=O)COCC(=O)Nc1c(I)c(C(=O)Cl)c(I)c(C(=O)Cl)c1I. The Morgan fingerprint density at radius 2 is 1.42 bits per heavy atom. The van der Waals surface area contributed by atoms with Crippen molar-refractivity contribution < 1.29 is 28.7 Å². The van der Waals surface area contributed by atoms with Gasteiger partial charge >= 0.3 is 5.97 Å². The van der Waals surface area contributed by atoms with E-state index in [-0.39, 0.29) is 30.0 Å². The van der Waals surface area contributed by atoms with Crippen LogP contribution < -0.4 is 5.32 Å². The highest BCUT2D eigenvalue weighted by Crippen LogP contribution is 2.37. The summed E-state index contributed by atoms with van der Waals surface area (Å²) in [6.45, 7) is 1.05. The second-order valence-corrected chi connectivity index (χ2v) is 8.38. The first-order valence-corrected chi connectivity index (χ1v) is 10.7. The molecule has 1 aromatic rings. The van der Waals surface area contributed by atoms with Crippen LogP contribution in [-0.4, -0.2) is 42.2 Å². The summed E-state index contributed by atoms with van der Waals surface area (Å²) < 4.78 is 10.7. The van der Waals surface area contributed by atoms with Crippen LogP contribution in [0.25, 0.3) is 0 Å². The Kier molecular flexibility index (Phi) is 10.5. The van der Waals surface area contributed by atoms with Crippen LogP contribution >= 0.6 is 91.0 Å². The number of ether oxygens (including phenoxy) is 2. The number of amides is 1. The molecule has 7 nitrogen and oxygen atoms in total. The smallest absolute Gasteiger partial charge is 0.332 e. The first-order valence-electron chi connectivity index (χ1n) is 6.75. The van der Waals surface area contributed by atoms with Crippen LogP contribution in [0, 0.1) is 10.7 Å². The molecule has 0 atom stereocenters. The standard InChI is InChI=1S/C14H10Cl2I3NO6/c1-2-26-6(22)4-25-3-5(21)20-12-10(18)7(13(15)23)9(17)8(11(12)19)14(16)24/h2-4H2,1H3,(H,20,21). The molecule has 0 saturated carbocycles. The average molecular weight is 740 g/mol. The van der Waals surface area contributed by atoms with Crippen LogP contribution in [0.15, 0.2) is 0 Å². The lowest BCUT2D eigenvalue weighted by Crippen LogP contribution is -2.24. The Bertz CT molecular complexity index is 731. The van der Waals surface area contributed by atoms with Gasteiger partial charge in [0.25, 0.3) is 10.5 Å². The zero-order valence-electron chi connectivity index (χ0n) is 13.0. The molecule has 142 valence electrons. The van der Waals surface area contributed by atoms with Crippen LogP contribution in [-0.2, 0) is 19.1 Å². The van der Waals surface area contributed by atoms with E-state index < -0.39 is 29.0 Å². The molecule has 1 rings (SSSR count). The van der Waals surface area contributed by atoms with E-state index in [9.17, 15) is 19.2 Å². The van der Waals surface area contributed by atoms with Crippen LogP contribution in [0.2, 0.25) is 0 Å². The van der Waals surface area contributed by atoms with Gasteiger partial charge in [-0.3, -0.25) is 14.4 Å². The topological polar surface area (TPSA) is 98.8 Å². The summed E-state index contributed by atoms with van der Waals surface area (Å²) in [7, 11) is 0. The van der Waals surface area contributed by atoms with Crippen molar-refractivity contribution in [3.63, 3.8) is 0 Å². The van der Waals surface area contributed by atoms with Gasteiger partial charge in [0.05, 0.1) is 30.6 Å². The lowest BCUT2D eigenvalue weighted by molar-refractivity contribution is -0.149. The van der Waals surface area contributed by atoms with Gasteiger partial charge in [-0.25, -0.2) is 4.79 Å². The summed E-state index contributed by atoms with van der Waals surface area (Å²) in [4.78, 5) is 46.7. The molecule has 1 aromatic carbocycles. The fourth-order valence-corrected chi connectivity index (χ4v) is 7.16. The summed E-state index contributed by atoms with van der Waals surface area (Å²) in [5.74, 6) is -1.18. The molecule has 0 unspecified atom stereocenters. The van der Waals surface area contributed by atoms with Gasteiger partial charge in [0.2, 0.25) is 5.91 Å².